The van der Waals surface area contributed by atoms with Crippen LogP contribution in [0.5, 0.6) is 11.5 Å². The molecule has 4 rings (SSSR count). The van der Waals surface area contributed by atoms with Crippen molar-refractivity contribution in [1.29, 1.82) is 0 Å². The van der Waals surface area contributed by atoms with E-state index in [1.165, 1.54) is 20.5 Å². The highest BCUT2D eigenvalue weighted by Gasteiger charge is 2.17. The fourth-order valence-corrected chi connectivity index (χ4v) is 3.87. The Balaban J connectivity index is 1.65. The fraction of sp³-hybridized carbons (Fsp3) is 0.278. The maximum absolute atomic E-state index is 12.7. The molecule has 27 heavy (non-hydrogen) atoms. The third-order valence-electron chi connectivity index (χ3n) is 4.24. The molecule has 0 bridgehead atoms. The number of anilines is 1. The molecule has 8 nitrogen and oxygen atoms in total. The van der Waals surface area contributed by atoms with Crippen LogP contribution < -0.4 is 26.0 Å². The standard InChI is InChI=1S/C18H17N3O5S/c1-2-6-20-17(23)16-12(5-7-27-16)21(18(20)24)9-15(22)19-11-3-4-13-14(8-11)26-10-25-13/h3-5,7-8H,2,6,9-10H2,1H3,(H,19,22). The van der Waals surface area contributed by atoms with Crippen LogP contribution in [-0.2, 0) is 17.9 Å². The Labute approximate surface area is 157 Å². The lowest BCUT2D eigenvalue weighted by Gasteiger charge is -2.12. The Hall–Kier alpha value is -3.07. The highest BCUT2D eigenvalue weighted by atomic mass is 32.1. The zero-order valence-electron chi connectivity index (χ0n) is 14.6. The smallest absolute Gasteiger partial charge is 0.332 e. The molecule has 3 aromatic rings. The number of thiophene rings is 1. The first-order valence-corrected chi connectivity index (χ1v) is 9.37. The van der Waals surface area contributed by atoms with Crippen LogP contribution in [-0.4, -0.2) is 21.8 Å². The molecule has 0 saturated carbocycles. The van der Waals surface area contributed by atoms with Crippen LogP contribution >= 0.6 is 11.3 Å². The molecule has 0 saturated heterocycles. The number of rotatable bonds is 5. The summed E-state index contributed by atoms with van der Waals surface area (Å²) in [6.07, 6.45) is 0.648. The first-order valence-electron chi connectivity index (χ1n) is 8.49. The van der Waals surface area contributed by atoms with Crippen molar-refractivity contribution in [2.45, 2.75) is 26.4 Å². The van der Waals surface area contributed by atoms with E-state index in [9.17, 15) is 14.4 Å². The molecule has 1 aromatic carbocycles. The molecular formula is C18H17N3O5S. The molecule has 1 aliphatic rings. The molecule has 9 heteroatoms. The first kappa shape index (κ1) is 17.3. The van der Waals surface area contributed by atoms with Gasteiger partial charge in [0.25, 0.3) is 5.56 Å². The lowest BCUT2D eigenvalue weighted by atomic mass is 10.2. The molecule has 0 spiro atoms. The number of nitrogens with one attached hydrogen (secondary N) is 1. The van der Waals surface area contributed by atoms with E-state index in [0.717, 1.165) is 0 Å². The number of carbonyl (C=O) groups is 1. The van der Waals surface area contributed by atoms with E-state index in [1.807, 2.05) is 6.92 Å². The number of carbonyl (C=O) groups excluding carboxylic acids is 1. The second-order valence-electron chi connectivity index (χ2n) is 6.08. The van der Waals surface area contributed by atoms with Crippen LogP contribution in [0.15, 0.2) is 39.2 Å². The van der Waals surface area contributed by atoms with E-state index in [1.54, 1.807) is 29.6 Å². The Morgan fingerprint density at radius 3 is 2.81 bits per heavy atom. The summed E-state index contributed by atoms with van der Waals surface area (Å²) in [5.74, 6) is 0.808. The number of hydrogen-bond acceptors (Lipinski definition) is 6. The largest absolute Gasteiger partial charge is 0.454 e. The number of nitrogens with zero attached hydrogens (tertiary/aromatic N) is 2. The van der Waals surface area contributed by atoms with E-state index >= 15 is 0 Å². The predicted molar refractivity (Wildman–Crippen MR) is 102 cm³/mol. The van der Waals surface area contributed by atoms with Gasteiger partial charge >= 0.3 is 5.69 Å². The summed E-state index contributed by atoms with van der Waals surface area (Å²) in [6, 6.07) is 6.77. The molecule has 0 fully saturated rings. The average molecular weight is 387 g/mol. The number of benzene rings is 1. The van der Waals surface area contributed by atoms with Gasteiger partial charge in [-0.1, -0.05) is 6.92 Å². The molecule has 0 aliphatic carbocycles. The van der Waals surface area contributed by atoms with Gasteiger partial charge in [-0.15, -0.1) is 11.3 Å². The zero-order chi connectivity index (χ0) is 19.0. The quantitative estimate of drug-likeness (QED) is 0.723. The van der Waals surface area contributed by atoms with E-state index in [0.29, 0.717) is 40.4 Å². The second-order valence-corrected chi connectivity index (χ2v) is 6.99. The van der Waals surface area contributed by atoms with Gasteiger partial charge in [0, 0.05) is 18.3 Å². The van der Waals surface area contributed by atoms with Crippen molar-refractivity contribution in [3.05, 3.63) is 50.5 Å². The minimum atomic E-state index is -0.478. The monoisotopic (exact) mass is 387 g/mol. The number of hydrogen-bond donors (Lipinski definition) is 1. The van der Waals surface area contributed by atoms with Gasteiger partial charge < -0.3 is 14.8 Å². The predicted octanol–water partition coefficient (Wildman–Crippen LogP) is 2.00. The second kappa shape index (κ2) is 6.92. The number of aromatic nitrogens is 2. The van der Waals surface area contributed by atoms with Crippen molar-refractivity contribution < 1.29 is 14.3 Å². The average Bonchev–Trinajstić information content (AvgIpc) is 3.31. The Kier molecular flexibility index (Phi) is 4.44. The van der Waals surface area contributed by atoms with Crippen molar-refractivity contribution >= 4 is 33.1 Å². The summed E-state index contributed by atoms with van der Waals surface area (Å²) in [5.41, 5.74) is 0.233. The van der Waals surface area contributed by atoms with E-state index in [2.05, 4.69) is 5.32 Å². The number of ether oxygens (including phenoxy) is 2. The van der Waals surface area contributed by atoms with Crippen LogP contribution in [0.25, 0.3) is 10.2 Å². The maximum atomic E-state index is 12.7. The summed E-state index contributed by atoms with van der Waals surface area (Å²) < 4.78 is 13.5. The van der Waals surface area contributed by atoms with E-state index in [-0.39, 0.29) is 24.8 Å². The highest BCUT2D eigenvalue weighted by Crippen LogP contribution is 2.34. The third-order valence-corrected chi connectivity index (χ3v) is 5.13. The summed E-state index contributed by atoms with van der Waals surface area (Å²) in [5, 5.41) is 4.50. The third kappa shape index (κ3) is 3.10. The molecule has 0 atom stereocenters. The molecule has 3 heterocycles. The molecular weight excluding hydrogens is 370 g/mol. The van der Waals surface area contributed by atoms with E-state index < -0.39 is 5.69 Å². The Bertz CT molecular complexity index is 1140. The summed E-state index contributed by atoms with van der Waals surface area (Å²) in [4.78, 5) is 37.7. The number of amides is 1. The van der Waals surface area contributed by atoms with Crippen molar-refractivity contribution in [3.8, 4) is 11.5 Å². The minimum Gasteiger partial charge on any atom is -0.454 e. The summed E-state index contributed by atoms with van der Waals surface area (Å²) in [6.45, 7) is 2.16. The van der Waals surface area contributed by atoms with Crippen molar-refractivity contribution in [1.82, 2.24) is 9.13 Å². The van der Waals surface area contributed by atoms with Gasteiger partial charge in [0.05, 0.1) is 5.52 Å². The lowest BCUT2D eigenvalue weighted by molar-refractivity contribution is -0.116. The van der Waals surface area contributed by atoms with Gasteiger partial charge in [0.2, 0.25) is 12.7 Å². The van der Waals surface area contributed by atoms with Gasteiger partial charge in [-0.3, -0.25) is 18.7 Å². The van der Waals surface area contributed by atoms with Gasteiger partial charge in [-0.2, -0.15) is 0 Å². The zero-order valence-corrected chi connectivity index (χ0v) is 15.4. The number of fused-ring (bicyclic) bond motifs is 2. The molecule has 2 aromatic heterocycles. The van der Waals surface area contributed by atoms with Crippen LogP contribution in [0.1, 0.15) is 13.3 Å². The van der Waals surface area contributed by atoms with Crippen LogP contribution in [0.2, 0.25) is 0 Å². The van der Waals surface area contributed by atoms with Crippen LogP contribution in [0.3, 0.4) is 0 Å². The molecule has 140 valence electrons. The van der Waals surface area contributed by atoms with Gasteiger partial charge in [0.15, 0.2) is 11.5 Å². The Morgan fingerprint density at radius 1 is 1.19 bits per heavy atom. The molecule has 0 unspecified atom stereocenters. The van der Waals surface area contributed by atoms with Crippen molar-refractivity contribution in [2.24, 2.45) is 0 Å². The summed E-state index contributed by atoms with van der Waals surface area (Å²) in [7, 11) is 0. The maximum Gasteiger partial charge on any atom is 0.332 e. The SMILES string of the molecule is CCCn1c(=O)c2sccc2n(CC(=O)Nc2ccc3c(c2)OCO3)c1=O. The Morgan fingerprint density at radius 2 is 2.00 bits per heavy atom. The van der Waals surface area contributed by atoms with Crippen LogP contribution in [0.4, 0.5) is 5.69 Å². The van der Waals surface area contributed by atoms with Gasteiger partial charge in [-0.05, 0) is 30.0 Å². The molecule has 1 aliphatic heterocycles. The van der Waals surface area contributed by atoms with Crippen molar-refractivity contribution in [3.63, 3.8) is 0 Å². The van der Waals surface area contributed by atoms with Gasteiger partial charge in [0.1, 0.15) is 11.2 Å². The molecule has 0 radical (unpaired) electrons. The van der Waals surface area contributed by atoms with Crippen molar-refractivity contribution in [2.75, 3.05) is 12.1 Å². The normalized spacial score (nSPS) is 12.5. The highest BCUT2D eigenvalue weighted by molar-refractivity contribution is 7.17. The fourth-order valence-electron chi connectivity index (χ4n) is 3.03. The minimum absolute atomic E-state index is 0.150. The lowest BCUT2D eigenvalue weighted by Crippen LogP contribution is -2.41. The first-order chi connectivity index (χ1) is 13.1. The topological polar surface area (TPSA) is 91.6 Å². The van der Waals surface area contributed by atoms with Crippen LogP contribution in [0, 0.1) is 0 Å². The van der Waals surface area contributed by atoms with E-state index in [4.69, 9.17) is 9.47 Å². The molecule has 1 amide bonds. The van der Waals surface area contributed by atoms with Gasteiger partial charge in [-0.25, -0.2) is 4.79 Å². The molecule has 1 N–H and O–H groups in total. The summed E-state index contributed by atoms with van der Waals surface area (Å²) >= 11 is 1.27.